The minimum atomic E-state index is 0.496. The molecule has 1 fully saturated rings. The molecule has 4 atom stereocenters. The summed E-state index contributed by atoms with van der Waals surface area (Å²) < 4.78 is 0. The van der Waals surface area contributed by atoms with Gasteiger partial charge in [0.2, 0.25) is 0 Å². The van der Waals surface area contributed by atoms with Crippen molar-refractivity contribution in [1.82, 2.24) is 0 Å². The lowest BCUT2D eigenvalue weighted by atomic mass is 9.81. The zero-order valence-corrected chi connectivity index (χ0v) is 13.3. The normalized spacial score (nSPS) is 32.1. The van der Waals surface area contributed by atoms with Gasteiger partial charge in [0.15, 0.2) is 0 Å². The summed E-state index contributed by atoms with van der Waals surface area (Å²) in [6.45, 7) is 14.3. The highest BCUT2D eigenvalue weighted by Crippen LogP contribution is 2.45. The van der Waals surface area contributed by atoms with Crippen LogP contribution >= 0.6 is 9.24 Å². The summed E-state index contributed by atoms with van der Waals surface area (Å²) in [5.74, 6) is 1.91. The van der Waals surface area contributed by atoms with Gasteiger partial charge in [-0.15, -0.1) is 9.24 Å². The Hall–Kier alpha value is 0.430. The van der Waals surface area contributed by atoms with Gasteiger partial charge >= 0.3 is 0 Å². The standard InChI is InChI=1S/C15H31P/c1-14(2,3)9-11-7-12(13(16)8-11)10-15(4,5)6/h11-13H,7-10,16H2,1-6H3. The molecule has 0 nitrogen and oxygen atoms in total. The van der Waals surface area contributed by atoms with Gasteiger partial charge in [-0.05, 0) is 54.0 Å². The highest BCUT2D eigenvalue weighted by molar-refractivity contribution is 7.17. The van der Waals surface area contributed by atoms with Crippen LogP contribution in [0.5, 0.6) is 0 Å². The molecule has 1 heteroatoms. The molecule has 0 spiro atoms. The molecule has 0 saturated heterocycles. The van der Waals surface area contributed by atoms with Gasteiger partial charge in [0.1, 0.15) is 0 Å². The molecule has 1 aliphatic rings. The van der Waals surface area contributed by atoms with E-state index in [-0.39, 0.29) is 0 Å². The Balaban J connectivity index is 2.48. The van der Waals surface area contributed by atoms with Crippen molar-refractivity contribution in [3.05, 3.63) is 0 Å². The molecule has 0 heterocycles. The maximum absolute atomic E-state index is 3.11. The second kappa shape index (κ2) is 4.97. The van der Waals surface area contributed by atoms with Crippen LogP contribution in [0.25, 0.3) is 0 Å². The lowest BCUT2D eigenvalue weighted by Gasteiger charge is -2.26. The Labute approximate surface area is 105 Å². The second-order valence-electron chi connectivity index (χ2n) is 8.29. The minimum Gasteiger partial charge on any atom is -0.134 e. The monoisotopic (exact) mass is 242 g/mol. The van der Waals surface area contributed by atoms with Gasteiger partial charge in [0, 0.05) is 0 Å². The van der Waals surface area contributed by atoms with Crippen molar-refractivity contribution < 1.29 is 0 Å². The maximum Gasteiger partial charge on any atom is -0.0233 e. The van der Waals surface area contributed by atoms with E-state index in [4.69, 9.17) is 0 Å². The molecule has 96 valence electrons. The van der Waals surface area contributed by atoms with Gasteiger partial charge in [-0.1, -0.05) is 41.5 Å². The van der Waals surface area contributed by atoms with Crippen molar-refractivity contribution in [2.24, 2.45) is 22.7 Å². The van der Waals surface area contributed by atoms with E-state index in [2.05, 4.69) is 50.8 Å². The van der Waals surface area contributed by atoms with Crippen LogP contribution in [0.3, 0.4) is 0 Å². The van der Waals surface area contributed by atoms with Gasteiger partial charge in [-0.2, -0.15) is 0 Å². The molecule has 16 heavy (non-hydrogen) atoms. The van der Waals surface area contributed by atoms with Crippen molar-refractivity contribution in [2.45, 2.75) is 72.9 Å². The zero-order valence-electron chi connectivity index (χ0n) is 12.1. The molecule has 0 N–H and O–H groups in total. The summed E-state index contributed by atoms with van der Waals surface area (Å²) in [5.41, 5.74) is 1.87. The number of hydrogen-bond acceptors (Lipinski definition) is 0. The molecule has 0 aromatic heterocycles. The Morgan fingerprint density at radius 3 is 1.81 bits per heavy atom. The van der Waals surface area contributed by atoms with Crippen molar-refractivity contribution in [3.63, 3.8) is 0 Å². The first-order valence-electron chi connectivity index (χ1n) is 6.82. The zero-order chi connectivity index (χ0) is 12.6. The van der Waals surface area contributed by atoms with Crippen molar-refractivity contribution >= 4 is 9.24 Å². The van der Waals surface area contributed by atoms with Crippen LogP contribution in [0.4, 0.5) is 0 Å². The molecule has 1 saturated carbocycles. The Morgan fingerprint density at radius 2 is 1.38 bits per heavy atom. The van der Waals surface area contributed by atoms with Crippen LogP contribution in [0.2, 0.25) is 0 Å². The Morgan fingerprint density at radius 1 is 0.875 bits per heavy atom. The van der Waals surface area contributed by atoms with Gasteiger partial charge in [0.05, 0.1) is 0 Å². The lowest BCUT2D eigenvalue weighted by molar-refractivity contribution is 0.266. The molecule has 1 aliphatic carbocycles. The van der Waals surface area contributed by atoms with Gasteiger partial charge in [-0.3, -0.25) is 0 Å². The van der Waals surface area contributed by atoms with E-state index in [1.54, 1.807) is 0 Å². The first-order chi connectivity index (χ1) is 7.07. The van der Waals surface area contributed by atoms with Gasteiger partial charge in [-0.25, -0.2) is 0 Å². The third-order valence-corrected chi connectivity index (χ3v) is 4.44. The van der Waals surface area contributed by atoms with E-state index in [1.807, 2.05) is 0 Å². The SMILES string of the molecule is CC(C)(C)CC1CC(P)C(CC(C)(C)C)C1. The van der Waals surface area contributed by atoms with Crippen LogP contribution in [0.15, 0.2) is 0 Å². The average Bonchev–Trinajstić information content (AvgIpc) is 2.23. The molecule has 0 bridgehead atoms. The van der Waals surface area contributed by atoms with Crippen molar-refractivity contribution in [1.29, 1.82) is 0 Å². The summed E-state index contributed by atoms with van der Waals surface area (Å²) >= 11 is 0. The number of hydrogen-bond donors (Lipinski definition) is 0. The first kappa shape index (κ1) is 14.5. The second-order valence-corrected chi connectivity index (χ2v) is 9.15. The van der Waals surface area contributed by atoms with E-state index in [9.17, 15) is 0 Å². The third-order valence-electron chi connectivity index (χ3n) is 3.62. The average molecular weight is 242 g/mol. The van der Waals surface area contributed by atoms with Gasteiger partial charge in [0.25, 0.3) is 0 Å². The molecule has 0 radical (unpaired) electrons. The Bertz CT molecular complexity index is 219. The summed E-state index contributed by atoms with van der Waals surface area (Å²) in [6.07, 6.45) is 5.69. The van der Waals surface area contributed by atoms with Crippen LogP contribution in [0.1, 0.15) is 67.2 Å². The Kier molecular flexibility index (Phi) is 4.50. The van der Waals surface area contributed by atoms with E-state index in [1.165, 1.54) is 25.7 Å². The quantitative estimate of drug-likeness (QED) is 0.589. The fraction of sp³-hybridized carbons (Fsp3) is 1.00. The van der Waals surface area contributed by atoms with Gasteiger partial charge < -0.3 is 0 Å². The van der Waals surface area contributed by atoms with Crippen molar-refractivity contribution in [3.8, 4) is 0 Å². The summed E-state index contributed by atoms with van der Waals surface area (Å²) in [4.78, 5) is 0. The largest absolute Gasteiger partial charge is 0.134 e. The predicted molar refractivity (Wildman–Crippen MR) is 77.9 cm³/mol. The van der Waals surface area contributed by atoms with Crippen LogP contribution < -0.4 is 0 Å². The van der Waals surface area contributed by atoms with Crippen molar-refractivity contribution in [2.75, 3.05) is 0 Å². The molecular formula is C15H31P. The topological polar surface area (TPSA) is 0 Å². The molecule has 0 aliphatic heterocycles. The predicted octanol–water partition coefficient (Wildman–Crippen LogP) is 5.13. The first-order valence-corrected chi connectivity index (χ1v) is 7.49. The van der Waals surface area contributed by atoms with Crippen LogP contribution in [0, 0.1) is 22.7 Å². The number of rotatable bonds is 2. The highest BCUT2D eigenvalue weighted by Gasteiger charge is 2.35. The minimum absolute atomic E-state index is 0.496. The molecule has 0 aromatic carbocycles. The van der Waals surface area contributed by atoms with Crippen LogP contribution in [-0.4, -0.2) is 5.66 Å². The summed E-state index contributed by atoms with van der Waals surface area (Å²) in [5, 5.41) is 0. The fourth-order valence-electron chi connectivity index (χ4n) is 3.33. The third kappa shape index (κ3) is 5.17. The summed E-state index contributed by atoms with van der Waals surface area (Å²) in [7, 11) is 3.11. The van der Waals surface area contributed by atoms with Crippen LogP contribution in [-0.2, 0) is 0 Å². The van der Waals surface area contributed by atoms with E-state index < -0.39 is 0 Å². The molecule has 4 unspecified atom stereocenters. The summed E-state index contributed by atoms with van der Waals surface area (Å²) in [6, 6.07) is 0. The molecular weight excluding hydrogens is 211 g/mol. The smallest absolute Gasteiger partial charge is 0.0233 e. The highest BCUT2D eigenvalue weighted by atomic mass is 31.0. The molecule has 1 rings (SSSR count). The fourth-order valence-corrected chi connectivity index (χ4v) is 4.01. The van der Waals surface area contributed by atoms with E-state index in [0.717, 1.165) is 17.5 Å². The maximum atomic E-state index is 3.11. The van der Waals surface area contributed by atoms with E-state index in [0.29, 0.717) is 10.8 Å². The molecule has 0 amide bonds. The molecule has 0 aromatic rings. The lowest BCUT2D eigenvalue weighted by Crippen LogP contribution is -2.16. The van der Waals surface area contributed by atoms with E-state index >= 15 is 0 Å².